The van der Waals surface area contributed by atoms with Gasteiger partial charge in [0.2, 0.25) is 5.43 Å². The molecule has 0 saturated carbocycles. The molecule has 3 heterocycles. The third kappa shape index (κ3) is 1.79. The minimum absolute atomic E-state index is 0.158. The Morgan fingerprint density at radius 1 is 1.46 bits per heavy atom. The average molecular weight is 325 g/mol. The number of aromatic carboxylic acids is 1. The molecule has 0 fully saturated rings. The predicted molar refractivity (Wildman–Crippen MR) is 91.9 cm³/mol. The van der Waals surface area contributed by atoms with Crippen LogP contribution < -0.4 is 5.43 Å². The van der Waals surface area contributed by atoms with Gasteiger partial charge >= 0.3 is 5.97 Å². The second-order valence-electron chi connectivity index (χ2n) is 6.50. The summed E-state index contributed by atoms with van der Waals surface area (Å²) in [4.78, 5) is 29.1. The number of carboxylic acids is 1. The van der Waals surface area contributed by atoms with Crippen LogP contribution in [0.25, 0.3) is 21.9 Å². The van der Waals surface area contributed by atoms with Gasteiger partial charge in [-0.3, -0.25) is 4.79 Å². The number of hydrogen-bond acceptors (Lipinski definition) is 3. The number of pyridine rings is 1. The summed E-state index contributed by atoms with van der Waals surface area (Å²) in [5.41, 5.74) is 2.85. The number of nitrogens with zero attached hydrogens (tertiary/aromatic N) is 3. The molecule has 1 aliphatic rings. The number of carbonyl (C=O) groups is 1. The van der Waals surface area contributed by atoms with Crippen LogP contribution in [-0.4, -0.2) is 25.2 Å². The Bertz CT molecular complexity index is 1070. The van der Waals surface area contributed by atoms with Crippen LogP contribution in [0, 0.1) is 6.92 Å². The van der Waals surface area contributed by atoms with Crippen molar-refractivity contribution in [3.63, 3.8) is 0 Å². The van der Waals surface area contributed by atoms with Crippen LogP contribution in [0.4, 0.5) is 0 Å². The maximum absolute atomic E-state index is 12.9. The van der Waals surface area contributed by atoms with Crippen molar-refractivity contribution in [2.24, 2.45) is 0 Å². The maximum Gasteiger partial charge on any atom is 0.341 e. The molecule has 1 aromatic carbocycles. The van der Waals surface area contributed by atoms with Crippen LogP contribution in [-0.2, 0) is 13.0 Å². The van der Waals surface area contributed by atoms with E-state index in [1.165, 1.54) is 6.20 Å². The highest BCUT2D eigenvalue weighted by Gasteiger charge is 2.26. The Morgan fingerprint density at radius 3 is 2.88 bits per heavy atom. The van der Waals surface area contributed by atoms with E-state index in [0.717, 1.165) is 41.8 Å². The Kier molecular flexibility index (Phi) is 3.07. The molecule has 6 heteroatoms. The standard InChI is InChI=1S/C18H19N3O3/c1-4-20-10(3)19-15-13(20)7-11-6-5-9(2)21-8-12(18(23)24)17(22)14(15)16(11)21/h7-9H,4-6H2,1-3H3,(H,23,24). The molecule has 1 atom stereocenters. The van der Waals surface area contributed by atoms with Crippen molar-refractivity contribution in [3.05, 3.63) is 39.4 Å². The van der Waals surface area contributed by atoms with E-state index < -0.39 is 11.4 Å². The van der Waals surface area contributed by atoms with Crippen molar-refractivity contribution in [1.29, 1.82) is 0 Å². The van der Waals surface area contributed by atoms with E-state index in [1.54, 1.807) is 0 Å². The van der Waals surface area contributed by atoms with Gasteiger partial charge in [-0.1, -0.05) is 0 Å². The van der Waals surface area contributed by atoms with Gasteiger partial charge in [0, 0.05) is 18.8 Å². The lowest BCUT2D eigenvalue weighted by Crippen LogP contribution is -2.24. The first-order valence-electron chi connectivity index (χ1n) is 8.24. The Labute approximate surface area is 138 Å². The monoisotopic (exact) mass is 325 g/mol. The first-order valence-corrected chi connectivity index (χ1v) is 8.24. The number of aromatic nitrogens is 3. The largest absolute Gasteiger partial charge is 0.477 e. The fourth-order valence-electron chi connectivity index (χ4n) is 3.92. The number of fused-ring (bicyclic) bond motifs is 2. The van der Waals surface area contributed by atoms with Gasteiger partial charge in [0.25, 0.3) is 0 Å². The second-order valence-corrected chi connectivity index (χ2v) is 6.50. The summed E-state index contributed by atoms with van der Waals surface area (Å²) in [6, 6.07) is 2.27. The molecule has 0 spiro atoms. The van der Waals surface area contributed by atoms with Gasteiger partial charge in [-0.05, 0) is 45.2 Å². The van der Waals surface area contributed by atoms with Gasteiger partial charge in [0.05, 0.1) is 16.4 Å². The molecular weight excluding hydrogens is 306 g/mol. The predicted octanol–water partition coefficient (Wildman–Crippen LogP) is 2.88. The smallest absolute Gasteiger partial charge is 0.341 e. The summed E-state index contributed by atoms with van der Waals surface area (Å²) < 4.78 is 4.01. The van der Waals surface area contributed by atoms with E-state index in [0.29, 0.717) is 10.9 Å². The normalized spacial score (nSPS) is 16.9. The molecule has 2 aromatic heterocycles. The topological polar surface area (TPSA) is 77.1 Å². The highest BCUT2D eigenvalue weighted by Crippen LogP contribution is 2.34. The van der Waals surface area contributed by atoms with Gasteiger partial charge < -0.3 is 14.2 Å². The molecule has 0 aliphatic carbocycles. The molecule has 0 bridgehead atoms. The summed E-state index contributed by atoms with van der Waals surface area (Å²) in [5.74, 6) is -0.349. The minimum Gasteiger partial charge on any atom is -0.477 e. The van der Waals surface area contributed by atoms with Crippen LogP contribution in [0.5, 0.6) is 0 Å². The van der Waals surface area contributed by atoms with Crippen molar-refractivity contribution >= 4 is 27.9 Å². The minimum atomic E-state index is -1.19. The van der Waals surface area contributed by atoms with Gasteiger partial charge in [-0.15, -0.1) is 0 Å². The molecule has 6 nitrogen and oxygen atoms in total. The van der Waals surface area contributed by atoms with Gasteiger partial charge in [-0.25, -0.2) is 9.78 Å². The van der Waals surface area contributed by atoms with Crippen molar-refractivity contribution in [3.8, 4) is 0 Å². The third-order valence-corrected chi connectivity index (χ3v) is 5.14. The van der Waals surface area contributed by atoms with E-state index in [9.17, 15) is 14.7 Å². The fraction of sp³-hybridized carbons (Fsp3) is 0.389. The quantitative estimate of drug-likeness (QED) is 0.786. The Balaban J connectivity index is 2.32. The van der Waals surface area contributed by atoms with E-state index in [4.69, 9.17) is 0 Å². The second kappa shape index (κ2) is 4.93. The molecular formula is C18H19N3O3. The average Bonchev–Trinajstić information content (AvgIpc) is 2.86. The van der Waals surface area contributed by atoms with Gasteiger partial charge in [0.1, 0.15) is 16.9 Å². The number of hydrogen-bond donors (Lipinski definition) is 1. The lowest BCUT2D eigenvalue weighted by atomic mass is 9.95. The number of imidazole rings is 1. The summed E-state index contributed by atoms with van der Waals surface area (Å²) in [7, 11) is 0. The number of benzene rings is 1. The van der Waals surface area contributed by atoms with Crippen LogP contribution in [0.1, 0.15) is 48.1 Å². The molecule has 3 aromatic rings. The van der Waals surface area contributed by atoms with Crippen LogP contribution in [0.15, 0.2) is 17.1 Å². The zero-order valence-electron chi connectivity index (χ0n) is 14.0. The van der Waals surface area contributed by atoms with Crippen LogP contribution in [0.2, 0.25) is 0 Å². The first-order chi connectivity index (χ1) is 11.4. The highest BCUT2D eigenvalue weighted by atomic mass is 16.4. The summed E-state index contributed by atoms with van der Waals surface area (Å²) >= 11 is 0. The van der Waals surface area contributed by atoms with Crippen molar-refractivity contribution in [2.45, 2.75) is 46.2 Å². The lowest BCUT2D eigenvalue weighted by Gasteiger charge is -2.26. The lowest BCUT2D eigenvalue weighted by molar-refractivity contribution is 0.0694. The fourth-order valence-corrected chi connectivity index (χ4v) is 3.92. The van der Waals surface area contributed by atoms with Gasteiger partial charge in [-0.2, -0.15) is 0 Å². The number of aryl methyl sites for hydroxylation is 3. The van der Waals surface area contributed by atoms with Crippen LogP contribution in [0.3, 0.4) is 0 Å². The molecule has 1 unspecified atom stereocenters. The van der Waals surface area contributed by atoms with E-state index in [2.05, 4.69) is 22.5 Å². The molecule has 0 saturated heterocycles. The zero-order chi connectivity index (χ0) is 17.2. The van der Waals surface area contributed by atoms with Crippen molar-refractivity contribution in [1.82, 2.24) is 14.1 Å². The first kappa shape index (κ1) is 14.9. The molecule has 0 radical (unpaired) electrons. The molecule has 24 heavy (non-hydrogen) atoms. The molecule has 4 rings (SSSR count). The summed E-state index contributed by atoms with van der Waals surface area (Å²) in [6.45, 7) is 6.77. The maximum atomic E-state index is 12.9. The van der Waals surface area contributed by atoms with E-state index in [-0.39, 0.29) is 11.6 Å². The molecule has 1 aliphatic heterocycles. The third-order valence-electron chi connectivity index (χ3n) is 5.14. The summed E-state index contributed by atoms with van der Waals surface area (Å²) in [5, 5.41) is 9.91. The van der Waals surface area contributed by atoms with Crippen LogP contribution >= 0.6 is 0 Å². The van der Waals surface area contributed by atoms with E-state index >= 15 is 0 Å². The number of carboxylic acid groups (broad SMARTS) is 1. The molecule has 124 valence electrons. The molecule has 1 N–H and O–H groups in total. The molecule has 0 amide bonds. The SMILES string of the molecule is CCn1c(C)nc2c3c(=O)c(C(=O)O)cn4c3c(cc21)CCC4C. The zero-order valence-corrected chi connectivity index (χ0v) is 14.0. The Hall–Kier alpha value is -2.63. The number of rotatable bonds is 2. The van der Waals surface area contributed by atoms with E-state index in [1.807, 2.05) is 18.4 Å². The Morgan fingerprint density at radius 2 is 2.21 bits per heavy atom. The van der Waals surface area contributed by atoms with Gasteiger partial charge in [0.15, 0.2) is 0 Å². The highest BCUT2D eigenvalue weighted by molar-refractivity contribution is 6.07. The van der Waals surface area contributed by atoms with Crippen molar-refractivity contribution in [2.75, 3.05) is 0 Å². The van der Waals surface area contributed by atoms with Crippen molar-refractivity contribution < 1.29 is 9.90 Å². The summed E-state index contributed by atoms with van der Waals surface area (Å²) in [6.07, 6.45) is 3.30.